The number of ketones is 1. The first kappa shape index (κ1) is 39.0. The van der Waals surface area contributed by atoms with Gasteiger partial charge in [0.15, 0.2) is 12.1 Å². The van der Waals surface area contributed by atoms with Gasteiger partial charge in [0.1, 0.15) is 5.82 Å². The summed E-state index contributed by atoms with van der Waals surface area (Å²) in [6.45, 7) is 13.2. The predicted octanol–water partition coefficient (Wildman–Crippen LogP) is 7.37. The monoisotopic (exact) mass is 695 g/mol. The quantitative estimate of drug-likeness (QED) is 0.118. The second-order valence-electron chi connectivity index (χ2n) is 13.1. The molecule has 49 heavy (non-hydrogen) atoms. The minimum atomic E-state index is -5.11. The van der Waals surface area contributed by atoms with Crippen molar-refractivity contribution >= 4 is 29.2 Å². The molecule has 4 rings (SSSR count). The second-order valence-corrected chi connectivity index (χ2v) is 13.1. The summed E-state index contributed by atoms with van der Waals surface area (Å²) in [5.41, 5.74) is -1.96. The largest absolute Gasteiger partial charge is 0.465 e. The van der Waals surface area contributed by atoms with E-state index < -0.39 is 53.1 Å². The number of carboxylic acid groups (broad SMARTS) is 1. The highest BCUT2D eigenvalue weighted by atomic mass is 19.4. The van der Waals surface area contributed by atoms with E-state index in [1.54, 1.807) is 17.4 Å². The summed E-state index contributed by atoms with van der Waals surface area (Å²) in [4.78, 5) is 36.4. The Balaban J connectivity index is 0.000000635. The van der Waals surface area contributed by atoms with Crippen LogP contribution in [0.15, 0.2) is 42.6 Å². The van der Waals surface area contributed by atoms with Crippen LogP contribution < -0.4 is 10.6 Å². The van der Waals surface area contributed by atoms with E-state index in [1.807, 2.05) is 5.32 Å². The van der Waals surface area contributed by atoms with Crippen LogP contribution in [0.4, 0.5) is 33.7 Å². The van der Waals surface area contributed by atoms with E-state index in [4.69, 9.17) is 19.3 Å². The molecule has 0 radical (unpaired) electrons. The Hall–Kier alpha value is -4.41. The van der Waals surface area contributed by atoms with Crippen molar-refractivity contribution in [2.75, 3.05) is 17.2 Å². The fourth-order valence-electron chi connectivity index (χ4n) is 4.88. The molecule has 1 aliphatic rings. The molecule has 0 bridgehead atoms. The Kier molecular flexibility index (Phi) is 13.0. The van der Waals surface area contributed by atoms with Crippen molar-refractivity contribution in [3.63, 3.8) is 0 Å². The van der Waals surface area contributed by atoms with Crippen molar-refractivity contribution in [3.8, 4) is 5.69 Å². The highest BCUT2D eigenvalue weighted by Crippen LogP contribution is 2.36. The molecule has 0 aliphatic carbocycles. The van der Waals surface area contributed by atoms with Crippen molar-refractivity contribution in [1.82, 2.24) is 15.0 Å². The lowest BCUT2D eigenvalue weighted by Gasteiger charge is -2.30. The van der Waals surface area contributed by atoms with E-state index >= 15 is 0 Å². The van der Waals surface area contributed by atoms with Gasteiger partial charge in [0.2, 0.25) is 5.91 Å². The number of hydrogen-bond acceptors (Lipinski definition) is 8. The third kappa shape index (κ3) is 12.9. The van der Waals surface area contributed by atoms with Crippen molar-refractivity contribution in [3.05, 3.63) is 65.2 Å². The van der Waals surface area contributed by atoms with Crippen LogP contribution in [0.1, 0.15) is 88.8 Å². The van der Waals surface area contributed by atoms with Gasteiger partial charge in [-0.3, -0.25) is 14.9 Å². The Morgan fingerprint density at radius 2 is 1.67 bits per heavy atom. The van der Waals surface area contributed by atoms with E-state index in [2.05, 4.69) is 51.9 Å². The topological polar surface area (TPSA) is 154 Å². The summed E-state index contributed by atoms with van der Waals surface area (Å²) < 4.78 is 71.8. The lowest BCUT2D eigenvalue weighted by Crippen LogP contribution is -2.31. The summed E-state index contributed by atoms with van der Waals surface area (Å²) in [5.74, 6) is -3.49. The molecule has 2 heterocycles. The van der Waals surface area contributed by atoms with E-state index in [0.29, 0.717) is 18.0 Å². The molecule has 1 saturated heterocycles. The van der Waals surface area contributed by atoms with E-state index in [0.717, 1.165) is 19.3 Å². The molecule has 0 saturated carbocycles. The van der Waals surface area contributed by atoms with Gasteiger partial charge in [-0.25, -0.2) is 13.9 Å². The molecule has 2 amide bonds. The number of nitrogens with zero attached hydrogens (tertiary/aromatic N) is 3. The number of halogens is 4. The SMILES string of the molecule is CC(C)(C)OC(C)(C)C.O=C(O)Nc1cc(F)c(C(F)(F)F)cc1NC(=O)CC(=O)c1cccc(-n2nncc2COC2CCCCO2)c1. The fourth-order valence-corrected chi connectivity index (χ4v) is 4.88. The number of amides is 2. The molecule has 268 valence electrons. The first-order valence-corrected chi connectivity index (χ1v) is 15.4. The number of hydrogen-bond donors (Lipinski definition) is 3. The summed E-state index contributed by atoms with van der Waals surface area (Å²) in [5, 5.41) is 20.6. The number of aromatic nitrogens is 3. The Labute approximate surface area is 281 Å². The van der Waals surface area contributed by atoms with Crippen LogP contribution in [-0.2, 0) is 31.8 Å². The summed E-state index contributed by atoms with van der Waals surface area (Å²) in [6, 6.07) is 6.60. The van der Waals surface area contributed by atoms with Crippen molar-refractivity contribution in [2.24, 2.45) is 0 Å². The minimum Gasteiger partial charge on any atom is -0.465 e. The van der Waals surface area contributed by atoms with E-state index in [-0.39, 0.29) is 41.8 Å². The van der Waals surface area contributed by atoms with E-state index in [1.165, 1.54) is 23.0 Å². The molecule has 1 fully saturated rings. The third-order valence-electron chi connectivity index (χ3n) is 6.45. The molecular formula is C33H41F4N5O7. The standard InChI is InChI=1S/C25H23F4N5O6.C8H18O/c26-18-10-20(32-24(37)38)19(9-17(18)25(27,28)29)31-22(36)11-21(35)14-4-3-5-15(8-14)34-16(12-30-33-34)13-40-23-6-1-2-7-39-23;1-7(2,3)9-8(4,5)6/h3-5,8-10,12,23,32H,1-2,6-7,11,13H2,(H,31,36)(H,37,38);1-6H3. The number of anilines is 2. The summed E-state index contributed by atoms with van der Waals surface area (Å²) in [6.07, 6.45) is -3.76. The van der Waals surface area contributed by atoms with Gasteiger partial charge in [0, 0.05) is 18.2 Å². The van der Waals surface area contributed by atoms with Crippen LogP contribution in [0.25, 0.3) is 5.69 Å². The molecule has 1 aromatic heterocycles. The van der Waals surface area contributed by atoms with Gasteiger partial charge in [-0.2, -0.15) is 13.2 Å². The number of Topliss-reactive ketones (excluding diaryl/α,β-unsaturated/α-hetero) is 1. The van der Waals surface area contributed by atoms with Crippen molar-refractivity contribution in [2.45, 2.75) is 97.5 Å². The second kappa shape index (κ2) is 16.3. The van der Waals surface area contributed by atoms with Crippen LogP contribution in [0.3, 0.4) is 0 Å². The number of benzene rings is 2. The van der Waals surface area contributed by atoms with Crippen LogP contribution in [0, 0.1) is 5.82 Å². The molecule has 3 aromatic rings. The number of rotatable bonds is 9. The van der Waals surface area contributed by atoms with Gasteiger partial charge < -0.3 is 24.6 Å². The zero-order valence-electron chi connectivity index (χ0n) is 28.1. The predicted molar refractivity (Wildman–Crippen MR) is 171 cm³/mol. The zero-order valence-corrected chi connectivity index (χ0v) is 28.1. The molecule has 1 aliphatic heterocycles. The Morgan fingerprint density at radius 3 is 2.24 bits per heavy atom. The van der Waals surface area contributed by atoms with Crippen LogP contribution in [0.2, 0.25) is 0 Å². The maximum absolute atomic E-state index is 13.9. The molecule has 2 aromatic carbocycles. The van der Waals surface area contributed by atoms with Crippen LogP contribution >= 0.6 is 0 Å². The van der Waals surface area contributed by atoms with Crippen LogP contribution in [0.5, 0.6) is 0 Å². The maximum Gasteiger partial charge on any atom is 0.419 e. The number of carbonyl (C=O) groups is 3. The van der Waals surface area contributed by atoms with Crippen LogP contribution in [-0.4, -0.2) is 62.0 Å². The van der Waals surface area contributed by atoms with Gasteiger partial charge in [-0.1, -0.05) is 17.3 Å². The molecule has 12 nitrogen and oxygen atoms in total. The molecule has 1 unspecified atom stereocenters. The smallest absolute Gasteiger partial charge is 0.419 e. The number of nitrogens with one attached hydrogen (secondary N) is 2. The Morgan fingerprint density at radius 1 is 1.00 bits per heavy atom. The first-order valence-electron chi connectivity index (χ1n) is 15.4. The number of alkyl halides is 3. The molecular weight excluding hydrogens is 654 g/mol. The number of ether oxygens (including phenoxy) is 3. The zero-order chi connectivity index (χ0) is 36.6. The first-order chi connectivity index (χ1) is 22.7. The average molecular weight is 696 g/mol. The summed E-state index contributed by atoms with van der Waals surface area (Å²) >= 11 is 0. The molecule has 3 N–H and O–H groups in total. The maximum atomic E-state index is 13.9. The fraction of sp³-hybridized carbons (Fsp3) is 0.485. The highest BCUT2D eigenvalue weighted by Gasteiger charge is 2.35. The third-order valence-corrected chi connectivity index (χ3v) is 6.45. The molecule has 1 atom stereocenters. The lowest BCUT2D eigenvalue weighted by molar-refractivity contribution is -0.169. The van der Waals surface area contributed by atoms with Gasteiger partial charge in [0.05, 0.1) is 58.7 Å². The average Bonchev–Trinajstić information content (AvgIpc) is 3.44. The minimum absolute atomic E-state index is 0.0156. The van der Waals surface area contributed by atoms with Gasteiger partial charge in [0.25, 0.3) is 0 Å². The summed E-state index contributed by atoms with van der Waals surface area (Å²) in [7, 11) is 0. The number of carbonyl (C=O) groups excluding carboxylic acids is 2. The van der Waals surface area contributed by atoms with Gasteiger partial charge in [-0.05, 0) is 79.0 Å². The molecule has 0 spiro atoms. The lowest BCUT2D eigenvalue weighted by atomic mass is 10.1. The highest BCUT2D eigenvalue weighted by molar-refractivity contribution is 6.12. The van der Waals surface area contributed by atoms with Gasteiger partial charge in [-0.15, -0.1) is 5.10 Å². The Bertz CT molecular complexity index is 1600. The van der Waals surface area contributed by atoms with Crippen molar-refractivity contribution in [1.29, 1.82) is 0 Å². The molecule has 16 heteroatoms. The van der Waals surface area contributed by atoms with Crippen molar-refractivity contribution < 1.29 is 51.3 Å². The van der Waals surface area contributed by atoms with E-state index in [9.17, 15) is 31.9 Å². The van der Waals surface area contributed by atoms with Gasteiger partial charge >= 0.3 is 12.3 Å². The normalized spacial score (nSPS) is 15.2.